The maximum Gasteiger partial charge on any atom is 0.218 e. The summed E-state index contributed by atoms with van der Waals surface area (Å²) in [4.78, 5) is 9.64. The molecule has 0 atom stereocenters. The van der Waals surface area contributed by atoms with Gasteiger partial charge < -0.3 is 5.32 Å². The van der Waals surface area contributed by atoms with Crippen LogP contribution in [0.2, 0.25) is 0 Å². The third kappa shape index (κ3) is 2.52. The minimum Gasteiger partial charge on any atom is -0.353 e. The van der Waals surface area contributed by atoms with E-state index >= 15 is 0 Å². The summed E-state index contributed by atoms with van der Waals surface area (Å²) in [5, 5.41) is 4.97. The van der Waals surface area contributed by atoms with E-state index in [1.54, 1.807) is 12.2 Å². The summed E-state index contributed by atoms with van der Waals surface area (Å²) in [5.41, 5.74) is 2.48. The quantitative estimate of drug-likeness (QED) is 0.779. The third-order valence-electron chi connectivity index (χ3n) is 2.56. The summed E-state index contributed by atoms with van der Waals surface area (Å²) in [6.45, 7) is 4.51. The van der Waals surface area contributed by atoms with Crippen molar-refractivity contribution in [3.05, 3.63) is 35.4 Å². The number of aliphatic imine (C=N–C) groups is 1. The highest BCUT2D eigenvalue weighted by molar-refractivity contribution is 5.80. The van der Waals surface area contributed by atoms with Gasteiger partial charge in [0.15, 0.2) is 0 Å². The molecular weight excluding hydrogens is 202 g/mol. The normalized spacial score (nSPS) is 14.5. The predicted molar refractivity (Wildman–Crippen MR) is 64.0 cm³/mol. The Morgan fingerprint density at radius 1 is 1.38 bits per heavy atom. The van der Waals surface area contributed by atoms with E-state index in [0.717, 1.165) is 19.0 Å². The Kier molecular flexibility index (Phi) is 3.41. The smallest absolute Gasteiger partial charge is 0.218 e. The number of hydrogen-bond donors (Lipinski definition) is 1. The lowest BCUT2D eigenvalue weighted by molar-refractivity contribution is -0.0746. The second-order valence-corrected chi connectivity index (χ2v) is 3.84. The second kappa shape index (κ2) is 4.99. The molecule has 4 heteroatoms. The van der Waals surface area contributed by atoms with Gasteiger partial charge in [0.1, 0.15) is 0 Å². The Bertz CT molecular complexity index is 372. The summed E-state index contributed by atoms with van der Waals surface area (Å²) in [7, 11) is 1.66. The first-order chi connectivity index (χ1) is 7.79. The summed E-state index contributed by atoms with van der Waals surface area (Å²) in [6, 6.07) is 8.42. The molecule has 1 N–H and O–H groups in total. The molecule has 0 radical (unpaired) electrons. The van der Waals surface area contributed by atoms with Crippen LogP contribution in [0, 0.1) is 6.92 Å². The van der Waals surface area contributed by atoms with Crippen molar-refractivity contribution >= 4 is 5.96 Å². The first-order valence-electron chi connectivity index (χ1n) is 5.45. The first kappa shape index (κ1) is 11.0. The van der Waals surface area contributed by atoms with Gasteiger partial charge in [-0.05, 0) is 12.5 Å². The van der Waals surface area contributed by atoms with Crippen LogP contribution >= 0.6 is 0 Å². The van der Waals surface area contributed by atoms with Crippen LogP contribution in [0.1, 0.15) is 11.1 Å². The highest BCUT2D eigenvalue weighted by atomic mass is 16.7. The van der Waals surface area contributed by atoms with Crippen molar-refractivity contribution in [1.29, 1.82) is 0 Å². The molecule has 0 bridgehead atoms. The van der Waals surface area contributed by atoms with Crippen LogP contribution in [0.25, 0.3) is 0 Å². The van der Waals surface area contributed by atoms with Crippen LogP contribution in [0.15, 0.2) is 29.3 Å². The second-order valence-electron chi connectivity index (χ2n) is 3.84. The SMILES string of the molecule is CON(Cc1ccc(C)cc1)C1=NCCN1. The average Bonchev–Trinajstić information content (AvgIpc) is 2.82. The molecule has 0 fully saturated rings. The maximum absolute atomic E-state index is 5.31. The van der Waals surface area contributed by atoms with E-state index in [0.29, 0.717) is 6.54 Å². The number of nitrogens with zero attached hydrogens (tertiary/aromatic N) is 2. The van der Waals surface area contributed by atoms with Crippen LogP contribution < -0.4 is 5.32 Å². The Morgan fingerprint density at radius 3 is 2.69 bits per heavy atom. The molecule has 1 aliphatic rings. The van der Waals surface area contributed by atoms with E-state index < -0.39 is 0 Å². The van der Waals surface area contributed by atoms with Crippen molar-refractivity contribution in [2.75, 3.05) is 20.2 Å². The van der Waals surface area contributed by atoms with Gasteiger partial charge in [-0.3, -0.25) is 4.84 Å². The maximum atomic E-state index is 5.31. The minimum absolute atomic E-state index is 0.711. The number of rotatable bonds is 3. The van der Waals surface area contributed by atoms with E-state index in [2.05, 4.69) is 41.5 Å². The minimum atomic E-state index is 0.711. The van der Waals surface area contributed by atoms with Crippen molar-refractivity contribution in [2.45, 2.75) is 13.5 Å². The Labute approximate surface area is 95.9 Å². The van der Waals surface area contributed by atoms with Crippen molar-refractivity contribution in [2.24, 2.45) is 4.99 Å². The van der Waals surface area contributed by atoms with Gasteiger partial charge in [0.2, 0.25) is 5.96 Å². The zero-order valence-electron chi connectivity index (χ0n) is 9.73. The van der Waals surface area contributed by atoms with Crippen LogP contribution in [-0.2, 0) is 11.4 Å². The molecule has 0 saturated heterocycles. The number of hydroxylamine groups is 2. The molecule has 0 saturated carbocycles. The van der Waals surface area contributed by atoms with E-state index in [9.17, 15) is 0 Å². The molecule has 1 aromatic rings. The van der Waals surface area contributed by atoms with Crippen LogP contribution in [0.5, 0.6) is 0 Å². The monoisotopic (exact) mass is 219 g/mol. The molecule has 1 aromatic carbocycles. The fourth-order valence-electron chi connectivity index (χ4n) is 1.64. The standard InChI is InChI=1S/C12H17N3O/c1-10-3-5-11(6-4-10)9-15(16-2)12-13-7-8-14-12/h3-6H,7-9H2,1-2H3,(H,13,14). The zero-order chi connectivity index (χ0) is 11.4. The highest BCUT2D eigenvalue weighted by Gasteiger charge is 2.14. The highest BCUT2D eigenvalue weighted by Crippen LogP contribution is 2.08. The van der Waals surface area contributed by atoms with Crippen molar-refractivity contribution in [1.82, 2.24) is 10.4 Å². The van der Waals surface area contributed by atoms with E-state index in [1.807, 2.05) is 0 Å². The van der Waals surface area contributed by atoms with Crippen molar-refractivity contribution < 1.29 is 4.84 Å². The van der Waals surface area contributed by atoms with Crippen molar-refractivity contribution in [3.63, 3.8) is 0 Å². The molecule has 2 rings (SSSR count). The number of aryl methyl sites for hydroxylation is 1. The molecule has 0 spiro atoms. The molecule has 1 heterocycles. The molecule has 1 aliphatic heterocycles. The van der Waals surface area contributed by atoms with Gasteiger partial charge in [0.25, 0.3) is 0 Å². The fourth-order valence-corrected chi connectivity index (χ4v) is 1.64. The molecule has 0 amide bonds. The van der Waals surface area contributed by atoms with Gasteiger partial charge in [-0.1, -0.05) is 29.8 Å². The number of nitrogens with one attached hydrogen (secondary N) is 1. The zero-order valence-corrected chi connectivity index (χ0v) is 9.73. The molecule has 86 valence electrons. The summed E-state index contributed by atoms with van der Waals surface area (Å²) in [6.07, 6.45) is 0. The fraction of sp³-hybridized carbons (Fsp3) is 0.417. The van der Waals surface area contributed by atoms with Gasteiger partial charge >= 0.3 is 0 Å². The van der Waals surface area contributed by atoms with E-state index in [4.69, 9.17) is 4.84 Å². The topological polar surface area (TPSA) is 36.9 Å². The third-order valence-corrected chi connectivity index (χ3v) is 2.56. The lowest BCUT2D eigenvalue weighted by Crippen LogP contribution is -2.37. The number of benzene rings is 1. The largest absolute Gasteiger partial charge is 0.353 e. The lowest BCUT2D eigenvalue weighted by atomic mass is 10.1. The van der Waals surface area contributed by atoms with Gasteiger partial charge in [0.05, 0.1) is 20.2 Å². The Hall–Kier alpha value is -1.55. The van der Waals surface area contributed by atoms with E-state index in [1.165, 1.54) is 11.1 Å². The van der Waals surface area contributed by atoms with Gasteiger partial charge in [-0.25, -0.2) is 10.1 Å². The average molecular weight is 219 g/mol. The predicted octanol–water partition coefficient (Wildman–Crippen LogP) is 1.32. The molecular formula is C12H17N3O. The summed E-state index contributed by atoms with van der Waals surface area (Å²) >= 11 is 0. The molecule has 0 aromatic heterocycles. The Morgan fingerprint density at radius 2 is 2.12 bits per heavy atom. The van der Waals surface area contributed by atoms with E-state index in [-0.39, 0.29) is 0 Å². The molecule has 16 heavy (non-hydrogen) atoms. The van der Waals surface area contributed by atoms with Crippen LogP contribution in [0.4, 0.5) is 0 Å². The lowest BCUT2D eigenvalue weighted by Gasteiger charge is -2.21. The van der Waals surface area contributed by atoms with Gasteiger partial charge in [0, 0.05) is 6.54 Å². The van der Waals surface area contributed by atoms with Gasteiger partial charge in [-0.15, -0.1) is 0 Å². The molecule has 4 nitrogen and oxygen atoms in total. The molecule has 0 aliphatic carbocycles. The van der Waals surface area contributed by atoms with Crippen molar-refractivity contribution in [3.8, 4) is 0 Å². The molecule has 0 unspecified atom stereocenters. The summed E-state index contributed by atoms with van der Waals surface area (Å²) < 4.78 is 0. The first-order valence-corrected chi connectivity index (χ1v) is 5.45. The Balaban J connectivity index is 2.03. The number of guanidine groups is 1. The van der Waals surface area contributed by atoms with Gasteiger partial charge in [-0.2, -0.15) is 0 Å². The van der Waals surface area contributed by atoms with Crippen LogP contribution in [0.3, 0.4) is 0 Å². The van der Waals surface area contributed by atoms with Crippen LogP contribution in [-0.4, -0.2) is 31.2 Å². The summed E-state index contributed by atoms with van der Waals surface area (Å²) in [5.74, 6) is 0.822. The number of hydrogen-bond acceptors (Lipinski definition) is 4.